The number of hydrogen-bond acceptors (Lipinski definition) is 3. The van der Waals surface area contributed by atoms with Crippen molar-refractivity contribution in [1.82, 2.24) is 4.90 Å². The summed E-state index contributed by atoms with van der Waals surface area (Å²) in [6, 6.07) is 7.31. The van der Waals surface area contributed by atoms with Crippen molar-refractivity contribution in [2.75, 3.05) is 20.7 Å². The molecule has 1 unspecified atom stereocenters. The SMILES string of the molecule is CN(C)C(=O)c1ccc(CC(C)(N)CO)cc1. The maximum atomic E-state index is 11.7. The molecule has 0 aliphatic rings. The summed E-state index contributed by atoms with van der Waals surface area (Å²) in [5.74, 6) is -0.0192. The molecule has 17 heavy (non-hydrogen) atoms. The second kappa shape index (κ2) is 5.29. The maximum Gasteiger partial charge on any atom is 0.253 e. The quantitative estimate of drug-likeness (QED) is 0.806. The lowest BCUT2D eigenvalue weighted by atomic mass is 9.94. The summed E-state index contributed by atoms with van der Waals surface area (Å²) in [5.41, 5.74) is 6.92. The molecular weight excluding hydrogens is 216 g/mol. The van der Waals surface area contributed by atoms with E-state index in [1.807, 2.05) is 12.1 Å². The molecule has 1 aromatic rings. The van der Waals surface area contributed by atoms with Gasteiger partial charge in [0.05, 0.1) is 6.61 Å². The van der Waals surface area contributed by atoms with Crippen molar-refractivity contribution in [2.45, 2.75) is 18.9 Å². The van der Waals surface area contributed by atoms with E-state index >= 15 is 0 Å². The van der Waals surface area contributed by atoms with Crippen LogP contribution in [0.5, 0.6) is 0 Å². The topological polar surface area (TPSA) is 66.6 Å². The highest BCUT2D eigenvalue weighted by atomic mass is 16.3. The molecule has 94 valence electrons. The van der Waals surface area contributed by atoms with E-state index in [0.29, 0.717) is 12.0 Å². The summed E-state index contributed by atoms with van der Waals surface area (Å²) >= 11 is 0. The van der Waals surface area contributed by atoms with Crippen molar-refractivity contribution in [3.05, 3.63) is 35.4 Å². The summed E-state index contributed by atoms with van der Waals surface area (Å²) in [5, 5.41) is 9.09. The number of aliphatic hydroxyl groups excluding tert-OH is 1. The molecule has 4 nitrogen and oxygen atoms in total. The lowest BCUT2D eigenvalue weighted by Crippen LogP contribution is -2.42. The summed E-state index contributed by atoms with van der Waals surface area (Å²) in [7, 11) is 3.44. The minimum Gasteiger partial charge on any atom is -0.394 e. The van der Waals surface area contributed by atoms with Crippen LogP contribution < -0.4 is 5.73 Å². The van der Waals surface area contributed by atoms with Crippen LogP contribution in [0.1, 0.15) is 22.8 Å². The van der Waals surface area contributed by atoms with Gasteiger partial charge in [-0.05, 0) is 31.0 Å². The third kappa shape index (κ3) is 3.84. The first-order chi connectivity index (χ1) is 7.85. The minimum absolute atomic E-state index is 0.0192. The first-order valence-electron chi connectivity index (χ1n) is 5.56. The van der Waals surface area contributed by atoms with Gasteiger partial charge in [0.1, 0.15) is 0 Å². The molecule has 0 saturated heterocycles. The van der Waals surface area contributed by atoms with Gasteiger partial charge < -0.3 is 15.7 Å². The molecule has 0 aliphatic carbocycles. The molecule has 3 N–H and O–H groups in total. The van der Waals surface area contributed by atoms with Crippen molar-refractivity contribution >= 4 is 5.91 Å². The second-order valence-electron chi connectivity index (χ2n) is 4.89. The van der Waals surface area contributed by atoms with Gasteiger partial charge in [0, 0.05) is 25.2 Å². The molecule has 0 bridgehead atoms. The van der Waals surface area contributed by atoms with E-state index < -0.39 is 5.54 Å². The molecule has 4 heteroatoms. The van der Waals surface area contributed by atoms with Crippen LogP contribution in [0.3, 0.4) is 0 Å². The van der Waals surface area contributed by atoms with Gasteiger partial charge in [-0.15, -0.1) is 0 Å². The molecule has 0 saturated carbocycles. The van der Waals surface area contributed by atoms with Gasteiger partial charge in [-0.3, -0.25) is 4.79 Å². The lowest BCUT2D eigenvalue weighted by molar-refractivity contribution is 0.0827. The van der Waals surface area contributed by atoms with Crippen LogP contribution in [0.4, 0.5) is 0 Å². The summed E-state index contributed by atoms with van der Waals surface area (Å²) in [6.07, 6.45) is 0.583. The van der Waals surface area contributed by atoms with Crippen LogP contribution in [0, 0.1) is 0 Å². The fraction of sp³-hybridized carbons (Fsp3) is 0.462. The highest BCUT2D eigenvalue weighted by Crippen LogP contribution is 2.12. The highest BCUT2D eigenvalue weighted by Gasteiger charge is 2.17. The van der Waals surface area contributed by atoms with Crippen molar-refractivity contribution in [2.24, 2.45) is 5.73 Å². The number of rotatable bonds is 4. The Morgan fingerprint density at radius 2 is 1.88 bits per heavy atom. The Bertz CT molecular complexity index is 383. The zero-order valence-electron chi connectivity index (χ0n) is 10.6. The van der Waals surface area contributed by atoms with Gasteiger partial charge in [-0.2, -0.15) is 0 Å². The van der Waals surface area contributed by atoms with E-state index in [0.717, 1.165) is 5.56 Å². The van der Waals surface area contributed by atoms with Crippen molar-refractivity contribution in [3.8, 4) is 0 Å². The molecule has 0 aliphatic heterocycles. The molecule has 0 spiro atoms. The largest absolute Gasteiger partial charge is 0.394 e. The van der Waals surface area contributed by atoms with Gasteiger partial charge >= 0.3 is 0 Å². The zero-order valence-corrected chi connectivity index (χ0v) is 10.6. The lowest BCUT2D eigenvalue weighted by Gasteiger charge is -2.21. The van der Waals surface area contributed by atoms with E-state index in [1.54, 1.807) is 33.2 Å². The molecule has 0 radical (unpaired) electrons. The number of amides is 1. The van der Waals surface area contributed by atoms with Crippen molar-refractivity contribution in [3.63, 3.8) is 0 Å². The maximum absolute atomic E-state index is 11.7. The predicted octanol–water partition coefficient (Wildman–Crippen LogP) is 0.641. The number of aliphatic hydroxyl groups is 1. The fourth-order valence-electron chi connectivity index (χ4n) is 1.55. The first-order valence-corrected chi connectivity index (χ1v) is 5.56. The summed E-state index contributed by atoms with van der Waals surface area (Å²) in [6.45, 7) is 1.73. The van der Waals surface area contributed by atoms with Gasteiger partial charge in [-0.25, -0.2) is 0 Å². The summed E-state index contributed by atoms with van der Waals surface area (Å²) < 4.78 is 0. The summed E-state index contributed by atoms with van der Waals surface area (Å²) in [4.78, 5) is 13.2. The standard InChI is InChI=1S/C13H20N2O2/c1-13(14,9-16)8-10-4-6-11(7-5-10)12(17)15(2)3/h4-7,16H,8-9,14H2,1-3H3. The van der Waals surface area contributed by atoms with Crippen molar-refractivity contribution < 1.29 is 9.90 Å². The molecule has 0 heterocycles. The highest BCUT2D eigenvalue weighted by molar-refractivity contribution is 5.93. The third-order valence-corrected chi connectivity index (χ3v) is 2.58. The Kier molecular flexibility index (Phi) is 4.26. The fourth-order valence-corrected chi connectivity index (χ4v) is 1.55. The third-order valence-electron chi connectivity index (χ3n) is 2.58. The predicted molar refractivity (Wildman–Crippen MR) is 67.8 cm³/mol. The molecule has 0 aromatic heterocycles. The van der Waals surface area contributed by atoms with Crippen LogP contribution in [0.2, 0.25) is 0 Å². The smallest absolute Gasteiger partial charge is 0.253 e. The molecular formula is C13H20N2O2. The van der Waals surface area contributed by atoms with Crippen LogP contribution in [-0.2, 0) is 6.42 Å². The molecule has 1 amide bonds. The number of carbonyl (C=O) groups is 1. The van der Waals surface area contributed by atoms with E-state index in [4.69, 9.17) is 10.8 Å². The minimum atomic E-state index is -0.618. The number of hydrogen-bond donors (Lipinski definition) is 2. The van der Waals surface area contributed by atoms with E-state index in [2.05, 4.69) is 0 Å². The molecule has 1 rings (SSSR count). The van der Waals surface area contributed by atoms with Gasteiger partial charge in [0.25, 0.3) is 5.91 Å². The van der Waals surface area contributed by atoms with E-state index in [9.17, 15) is 4.79 Å². The van der Waals surface area contributed by atoms with Crippen LogP contribution in [-0.4, -0.2) is 42.2 Å². The first kappa shape index (κ1) is 13.7. The molecule has 1 aromatic carbocycles. The van der Waals surface area contributed by atoms with Gasteiger partial charge in [0.15, 0.2) is 0 Å². The Morgan fingerprint density at radius 1 is 1.35 bits per heavy atom. The van der Waals surface area contributed by atoms with Gasteiger partial charge in [0.2, 0.25) is 0 Å². The number of nitrogens with zero attached hydrogens (tertiary/aromatic N) is 1. The molecule has 1 atom stereocenters. The Balaban J connectivity index is 2.78. The Morgan fingerprint density at radius 3 is 2.29 bits per heavy atom. The van der Waals surface area contributed by atoms with Crippen LogP contribution in [0.15, 0.2) is 24.3 Å². The number of benzene rings is 1. The number of carbonyl (C=O) groups excluding carboxylic acids is 1. The average molecular weight is 236 g/mol. The van der Waals surface area contributed by atoms with Gasteiger partial charge in [-0.1, -0.05) is 12.1 Å². The van der Waals surface area contributed by atoms with Crippen molar-refractivity contribution in [1.29, 1.82) is 0 Å². The Labute approximate surface area is 102 Å². The normalized spacial score (nSPS) is 14.2. The number of nitrogens with two attached hydrogens (primary N) is 1. The Hall–Kier alpha value is -1.39. The zero-order chi connectivity index (χ0) is 13.1. The molecule has 0 fully saturated rings. The van der Waals surface area contributed by atoms with Crippen LogP contribution in [0.25, 0.3) is 0 Å². The second-order valence-corrected chi connectivity index (χ2v) is 4.89. The van der Waals surface area contributed by atoms with E-state index in [-0.39, 0.29) is 12.5 Å². The monoisotopic (exact) mass is 236 g/mol. The average Bonchev–Trinajstić information content (AvgIpc) is 2.28. The van der Waals surface area contributed by atoms with Crippen LogP contribution >= 0.6 is 0 Å². The van der Waals surface area contributed by atoms with E-state index in [1.165, 1.54) is 4.90 Å².